The molecule has 0 unspecified atom stereocenters. The minimum absolute atomic E-state index is 0.236. The summed E-state index contributed by atoms with van der Waals surface area (Å²) in [6.45, 7) is 1.92. The summed E-state index contributed by atoms with van der Waals surface area (Å²) < 4.78 is 12.0. The molecule has 0 N–H and O–H groups in total. The van der Waals surface area contributed by atoms with E-state index in [0.717, 1.165) is 54.9 Å². The number of benzene rings is 2. The highest BCUT2D eigenvalue weighted by Crippen LogP contribution is 2.35. The van der Waals surface area contributed by atoms with Crippen LogP contribution in [0.2, 0.25) is 0 Å². The van der Waals surface area contributed by atoms with E-state index in [2.05, 4.69) is 18.2 Å². The van der Waals surface area contributed by atoms with Crippen molar-refractivity contribution in [2.45, 2.75) is 31.6 Å². The summed E-state index contributed by atoms with van der Waals surface area (Å²) in [5.41, 5.74) is 2.20. The zero-order valence-electron chi connectivity index (χ0n) is 15.6. The number of likely N-dealkylation sites (tertiary alicyclic amines) is 1. The molecule has 0 atom stereocenters. The van der Waals surface area contributed by atoms with Crippen molar-refractivity contribution >= 4 is 27.5 Å². The first-order valence-electron chi connectivity index (χ1n) is 9.78. The number of para-hydroxylation sites is 1. The molecule has 3 aromatic rings. The summed E-state index contributed by atoms with van der Waals surface area (Å²) in [7, 11) is 0. The van der Waals surface area contributed by atoms with E-state index in [1.807, 2.05) is 29.2 Å². The lowest BCUT2D eigenvalue weighted by molar-refractivity contribution is -0.132. The first kappa shape index (κ1) is 17.5. The third-order valence-electron chi connectivity index (χ3n) is 5.57. The second-order valence-electron chi connectivity index (χ2n) is 7.36. The molecule has 1 aromatic heterocycles. The molecule has 3 heterocycles. The van der Waals surface area contributed by atoms with Crippen LogP contribution in [0.3, 0.4) is 0 Å². The van der Waals surface area contributed by atoms with Gasteiger partial charge in [-0.25, -0.2) is 4.98 Å². The normalized spacial score (nSPS) is 16.6. The van der Waals surface area contributed by atoms with Crippen molar-refractivity contribution in [1.82, 2.24) is 9.88 Å². The van der Waals surface area contributed by atoms with Gasteiger partial charge in [-0.1, -0.05) is 18.2 Å². The molecule has 28 heavy (non-hydrogen) atoms. The molecule has 0 bridgehead atoms. The van der Waals surface area contributed by atoms with Gasteiger partial charge in [0.2, 0.25) is 12.7 Å². The number of aryl methyl sites for hydroxylation is 1. The maximum atomic E-state index is 12.6. The lowest BCUT2D eigenvalue weighted by Gasteiger charge is -2.31. The Kier molecular flexibility index (Phi) is 4.64. The van der Waals surface area contributed by atoms with E-state index in [4.69, 9.17) is 14.5 Å². The largest absolute Gasteiger partial charge is 0.454 e. The number of fused-ring (bicyclic) bond motifs is 2. The quantitative estimate of drug-likeness (QED) is 0.660. The highest BCUT2D eigenvalue weighted by atomic mass is 32.1. The van der Waals surface area contributed by atoms with Crippen LogP contribution in [0, 0.1) is 0 Å². The number of ether oxygens (including phenoxy) is 2. The van der Waals surface area contributed by atoms with Crippen molar-refractivity contribution < 1.29 is 14.3 Å². The summed E-state index contributed by atoms with van der Waals surface area (Å²) in [6, 6.07) is 14.2. The van der Waals surface area contributed by atoms with Crippen molar-refractivity contribution in [2.24, 2.45) is 0 Å². The molecule has 1 amide bonds. The SMILES string of the molecule is O=C(CCc1ccc2c(c1)OCO2)N1CCC(c2nc3ccccc3s2)CC1. The standard InChI is InChI=1S/C22H22N2O3S/c25-21(8-6-15-5-7-18-19(13-15)27-14-26-18)24-11-9-16(10-12-24)22-23-17-3-1-2-4-20(17)28-22/h1-5,7,13,16H,6,8-12,14H2. The highest BCUT2D eigenvalue weighted by molar-refractivity contribution is 7.18. The number of hydrogen-bond acceptors (Lipinski definition) is 5. The maximum absolute atomic E-state index is 12.6. The molecule has 0 saturated carbocycles. The average Bonchev–Trinajstić information content (AvgIpc) is 3.38. The van der Waals surface area contributed by atoms with Crippen LogP contribution < -0.4 is 9.47 Å². The fourth-order valence-corrected chi connectivity index (χ4v) is 5.08. The topological polar surface area (TPSA) is 51.7 Å². The van der Waals surface area contributed by atoms with Gasteiger partial charge < -0.3 is 14.4 Å². The van der Waals surface area contributed by atoms with Crippen molar-refractivity contribution in [2.75, 3.05) is 19.9 Å². The molecule has 2 aliphatic rings. The summed E-state index contributed by atoms with van der Waals surface area (Å²) in [5.74, 6) is 2.27. The maximum Gasteiger partial charge on any atom is 0.231 e. The van der Waals surface area contributed by atoms with Gasteiger partial charge in [0, 0.05) is 25.4 Å². The molecule has 0 aliphatic carbocycles. The molecule has 1 saturated heterocycles. The number of rotatable bonds is 4. The van der Waals surface area contributed by atoms with Crippen LogP contribution in [0.1, 0.15) is 35.8 Å². The van der Waals surface area contributed by atoms with Crippen LogP contribution in [0.5, 0.6) is 11.5 Å². The van der Waals surface area contributed by atoms with Gasteiger partial charge in [0.1, 0.15) is 0 Å². The lowest BCUT2D eigenvalue weighted by Crippen LogP contribution is -2.38. The van der Waals surface area contributed by atoms with Crippen LogP contribution in [-0.4, -0.2) is 35.7 Å². The third-order valence-corrected chi connectivity index (χ3v) is 6.77. The van der Waals surface area contributed by atoms with E-state index < -0.39 is 0 Å². The molecule has 6 heteroatoms. The fraction of sp³-hybridized carbons (Fsp3) is 0.364. The highest BCUT2D eigenvalue weighted by Gasteiger charge is 2.25. The molecule has 5 rings (SSSR count). The van der Waals surface area contributed by atoms with E-state index in [1.165, 1.54) is 9.71 Å². The Morgan fingerprint density at radius 1 is 1.11 bits per heavy atom. The molecule has 144 valence electrons. The van der Waals surface area contributed by atoms with Crippen LogP contribution >= 0.6 is 11.3 Å². The van der Waals surface area contributed by atoms with Crippen molar-refractivity contribution in [1.29, 1.82) is 0 Å². The molecule has 2 aliphatic heterocycles. The molecular weight excluding hydrogens is 372 g/mol. The average molecular weight is 394 g/mol. The second-order valence-corrected chi connectivity index (χ2v) is 8.42. The van der Waals surface area contributed by atoms with E-state index in [-0.39, 0.29) is 12.7 Å². The number of piperidine rings is 1. The van der Waals surface area contributed by atoms with E-state index in [0.29, 0.717) is 12.3 Å². The van der Waals surface area contributed by atoms with Crippen LogP contribution in [0.25, 0.3) is 10.2 Å². The number of carbonyl (C=O) groups excluding carboxylic acids is 1. The Morgan fingerprint density at radius 3 is 2.79 bits per heavy atom. The Hall–Kier alpha value is -2.60. The zero-order valence-corrected chi connectivity index (χ0v) is 16.4. The molecule has 0 radical (unpaired) electrons. The third kappa shape index (κ3) is 3.44. The van der Waals surface area contributed by atoms with Crippen molar-refractivity contribution in [3.05, 3.63) is 53.0 Å². The zero-order chi connectivity index (χ0) is 18.9. The van der Waals surface area contributed by atoms with E-state index in [9.17, 15) is 4.79 Å². The molecule has 0 spiro atoms. The summed E-state index contributed by atoms with van der Waals surface area (Å²) in [5, 5.41) is 1.22. The van der Waals surface area contributed by atoms with Crippen LogP contribution in [-0.2, 0) is 11.2 Å². The summed E-state index contributed by atoms with van der Waals surface area (Å²) in [6.07, 6.45) is 3.25. The predicted octanol–water partition coefficient (Wildman–Crippen LogP) is 4.36. The number of nitrogens with zero attached hydrogens (tertiary/aromatic N) is 2. The van der Waals surface area contributed by atoms with Gasteiger partial charge in [0.15, 0.2) is 11.5 Å². The number of carbonyl (C=O) groups is 1. The number of thiazole rings is 1. The van der Waals surface area contributed by atoms with Gasteiger partial charge in [-0.05, 0) is 49.1 Å². The first-order chi connectivity index (χ1) is 13.8. The minimum Gasteiger partial charge on any atom is -0.454 e. The van der Waals surface area contributed by atoms with Crippen LogP contribution in [0.4, 0.5) is 0 Å². The second kappa shape index (κ2) is 7.43. The number of aromatic nitrogens is 1. The Balaban J connectivity index is 1.15. The summed E-state index contributed by atoms with van der Waals surface area (Å²) >= 11 is 1.79. The monoisotopic (exact) mass is 394 g/mol. The fourth-order valence-electron chi connectivity index (χ4n) is 3.95. The number of hydrogen-bond donors (Lipinski definition) is 0. The van der Waals surface area contributed by atoms with Crippen LogP contribution in [0.15, 0.2) is 42.5 Å². The molecule has 5 nitrogen and oxygen atoms in total. The molecular formula is C22H22N2O3S. The lowest BCUT2D eigenvalue weighted by atomic mass is 9.97. The van der Waals surface area contributed by atoms with Gasteiger partial charge in [0.05, 0.1) is 15.2 Å². The molecule has 2 aromatic carbocycles. The van der Waals surface area contributed by atoms with Crippen molar-refractivity contribution in [3.8, 4) is 11.5 Å². The van der Waals surface area contributed by atoms with Gasteiger partial charge in [-0.2, -0.15) is 0 Å². The Bertz CT molecular complexity index is 975. The van der Waals surface area contributed by atoms with Gasteiger partial charge in [0.25, 0.3) is 0 Å². The first-order valence-corrected chi connectivity index (χ1v) is 10.6. The van der Waals surface area contributed by atoms with Gasteiger partial charge >= 0.3 is 0 Å². The predicted molar refractivity (Wildman–Crippen MR) is 109 cm³/mol. The molecule has 1 fully saturated rings. The Labute approximate surface area is 167 Å². The van der Waals surface area contributed by atoms with E-state index in [1.54, 1.807) is 11.3 Å². The summed E-state index contributed by atoms with van der Waals surface area (Å²) in [4.78, 5) is 19.5. The van der Waals surface area contributed by atoms with Gasteiger partial charge in [-0.3, -0.25) is 4.79 Å². The Morgan fingerprint density at radius 2 is 1.93 bits per heavy atom. The smallest absolute Gasteiger partial charge is 0.231 e. The van der Waals surface area contributed by atoms with E-state index >= 15 is 0 Å². The van der Waals surface area contributed by atoms with Gasteiger partial charge in [-0.15, -0.1) is 11.3 Å². The minimum atomic E-state index is 0.236. The van der Waals surface area contributed by atoms with Crippen molar-refractivity contribution in [3.63, 3.8) is 0 Å². The number of amides is 1.